The maximum atomic E-state index is 12.1. The summed E-state index contributed by atoms with van der Waals surface area (Å²) in [5, 5.41) is 10.6. The predicted molar refractivity (Wildman–Crippen MR) is 82.3 cm³/mol. The Morgan fingerprint density at radius 2 is 2.30 bits per heavy atom. The molecule has 2 rings (SSSR count). The molecule has 1 aliphatic heterocycles. The van der Waals surface area contributed by atoms with E-state index >= 15 is 0 Å². The van der Waals surface area contributed by atoms with Crippen molar-refractivity contribution in [1.29, 1.82) is 0 Å². The molecule has 2 heterocycles. The molecule has 1 atom stereocenters. The number of halogens is 1. The van der Waals surface area contributed by atoms with Crippen molar-refractivity contribution in [1.82, 2.24) is 20.4 Å². The third-order valence-electron chi connectivity index (χ3n) is 4.28. The third-order valence-corrected chi connectivity index (χ3v) is 4.28. The molecule has 0 bridgehead atoms. The number of nitrogens with one attached hydrogen (secondary N) is 2. The van der Waals surface area contributed by atoms with Crippen LogP contribution in [0.3, 0.4) is 0 Å². The second-order valence-corrected chi connectivity index (χ2v) is 6.08. The molecule has 0 spiro atoms. The number of amides is 1. The van der Waals surface area contributed by atoms with E-state index in [0.29, 0.717) is 18.2 Å². The largest absolute Gasteiger partial charge is 0.350 e. The van der Waals surface area contributed by atoms with Gasteiger partial charge >= 0.3 is 0 Å². The summed E-state index contributed by atoms with van der Waals surface area (Å²) in [4.78, 5) is 12.1. The minimum absolute atomic E-state index is 0. The van der Waals surface area contributed by atoms with Crippen molar-refractivity contribution in [2.75, 3.05) is 13.1 Å². The molecule has 6 heteroatoms. The smallest absolute Gasteiger partial charge is 0.254 e. The van der Waals surface area contributed by atoms with E-state index in [1.807, 2.05) is 14.0 Å². The van der Waals surface area contributed by atoms with Crippen LogP contribution in [0, 0.1) is 12.3 Å². The third kappa shape index (κ3) is 3.52. The zero-order valence-corrected chi connectivity index (χ0v) is 13.5. The molecule has 0 aliphatic carbocycles. The average molecular weight is 301 g/mol. The maximum absolute atomic E-state index is 12.1. The summed E-state index contributed by atoms with van der Waals surface area (Å²) in [7, 11) is 1.85. The van der Waals surface area contributed by atoms with Crippen LogP contribution in [0.25, 0.3) is 0 Å². The van der Waals surface area contributed by atoms with Crippen LogP contribution in [0.5, 0.6) is 0 Å². The molecule has 5 nitrogen and oxygen atoms in total. The first-order valence-corrected chi connectivity index (χ1v) is 6.92. The second kappa shape index (κ2) is 6.59. The first-order valence-electron chi connectivity index (χ1n) is 6.92. The Morgan fingerprint density at radius 3 is 2.85 bits per heavy atom. The standard InChI is InChI=1S/C14H24N4O.ClH/c1-10-11(8-17-18(10)4)13(19)16-9-12-14(2,3)6-5-7-15-12;/h8,12,15H,5-7,9H2,1-4H3,(H,16,19);1H. The van der Waals surface area contributed by atoms with Crippen molar-refractivity contribution in [3.05, 3.63) is 17.5 Å². The normalized spacial score (nSPS) is 21.1. The molecular formula is C14H25ClN4O. The van der Waals surface area contributed by atoms with Gasteiger partial charge in [-0.05, 0) is 31.7 Å². The van der Waals surface area contributed by atoms with Gasteiger partial charge in [-0.25, -0.2) is 0 Å². The highest BCUT2D eigenvalue weighted by atomic mass is 35.5. The van der Waals surface area contributed by atoms with E-state index in [9.17, 15) is 4.79 Å². The highest BCUT2D eigenvalue weighted by molar-refractivity contribution is 5.95. The first kappa shape index (κ1) is 17.0. The van der Waals surface area contributed by atoms with E-state index in [4.69, 9.17) is 0 Å². The van der Waals surface area contributed by atoms with Gasteiger partial charge in [0.1, 0.15) is 0 Å². The fraction of sp³-hybridized carbons (Fsp3) is 0.714. The number of hydrogen-bond acceptors (Lipinski definition) is 3. The van der Waals surface area contributed by atoms with Crippen LogP contribution in [-0.4, -0.2) is 34.8 Å². The molecule has 1 aromatic heterocycles. The summed E-state index contributed by atoms with van der Waals surface area (Å²) in [6.07, 6.45) is 4.04. The minimum atomic E-state index is -0.0335. The lowest BCUT2D eigenvalue weighted by molar-refractivity contribution is 0.0928. The maximum Gasteiger partial charge on any atom is 0.254 e. The number of hydrogen-bond donors (Lipinski definition) is 2. The van der Waals surface area contributed by atoms with Crippen LogP contribution in [0.2, 0.25) is 0 Å². The van der Waals surface area contributed by atoms with E-state index in [0.717, 1.165) is 12.2 Å². The van der Waals surface area contributed by atoms with Crippen LogP contribution >= 0.6 is 12.4 Å². The van der Waals surface area contributed by atoms with Crippen LogP contribution in [-0.2, 0) is 7.05 Å². The summed E-state index contributed by atoms with van der Waals surface area (Å²) < 4.78 is 1.72. The summed E-state index contributed by atoms with van der Waals surface area (Å²) in [6, 6.07) is 0.335. The van der Waals surface area contributed by atoms with E-state index in [1.165, 1.54) is 12.8 Å². The van der Waals surface area contributed by atoms with Gasteiger partial charge in [0.25, 0.3) is 5.91 Å². The molecule has 1 unspecified atom stereocenters. The molecule has 0 saturated carbocycles. The lowest BCUT2D eigenvalue weighted by Crippen LogP contribution is -2.52. The number of rotatable bonds is 3. The molecule has 0 radical (unpaired) electrons. The predicted octanol–water partition coefficient (Wildman–Crippen LogP) is 1.66. The Hall–Kier alpha value is -1.07. The monoisotopic (exact) mass is 300 g/mol. The van der Waals surface area contributed by atoms with Crippen molar-refractivity contribution in [3.8, 4) is 0 Å². The van der Waals surface area contributed by atoms with Crippen molar-refractivity contribution in [2.45, 2.75) is 39.7 Å². The van der Waals surface area contributed by atoms with Gasteiger partial charge in [0.2, 0.25) is 0 Å². The topological polar surface area (TPSA) is 59.0 Å². The molecule has 20 heavy (non-hydrogen) atoms. The van der Waals surface area contributed by atoms with Gasteiger partial charge < -0.3 is 10.6 Å². The number of aryl methyl sites for hydroxylation is 1. The number of aromatic nitrogens is 2. The van der Waals surface area contributed by atoms with Crippen LogP contribution in [0.15, 0.2) is 6.20 Å². The lowest BCUT2D eigenvalue weighted by atomic mass is 9.77. The van der Waals surface area contributed by atoms with Gasteiger partial charge in [-0.1, -0.05) is 13.8 Å². The molecular weight excluding hydrogens is 276 g/mol. The SMILES string of the molecule is Cc1c(C(=O)NCC2NCCCC2(C)C)cnn1C.Cl. The lowest BCUT2D eigenvalue weighted by Gasteiger charge is -2.39. The fourth-order valence-corrected chi connectivity index (χ4v) is 2.63. The van der Waals surface area contributed by atoms with Gasteiger partial charge in [0.05, 0.1) is 11.8 Å². The zero-order valence-electron chi connectivity index (χ0n) is 12.7. The Bertz CT molecular complexity index is 470. The highest BCUT2D eigenvalue weighted by Gasteiger charge is 2.32. The highest BCUT2D eigenvalue weighted by Crippen LogP contribution is 2.29. The Balaban J connectivity index is 0.00000200. The van der Waals surface area contributed by atoms with Crippen molar-refractivity contribution in [2.24, 2.45) is 12.5 Å². The number of piperidine rings is 1. The van der Waals surface area contributed by atoms with Crippen molar-refractivity contribution < 1.29 is 4.79 Å². The van der Waals surface area contributed by atoms with Crippen LogP contribution in [0.1, 0.15) is 42.7 Å². The molecule has 1 aliphatic rings. The summed E-state index contributed by atoms with van der Waals surface area (Å²) in [5.41, 5.74) is 1.79. The molecule has 114 valence electrons. The molecule has 0 aromatic carbocycles. The van der Waals surface area contributed by atoms with Crippen molar-refractivity contribution >= 4 is 18.3 Å². The zero-order chi connectivity index (χ0) is 14.0. The van der Waals surface area contributed by atoms with Crippen molar-refractivity contribution in [3.63, 3.8) is 0 Å². The molecule has 1 amide bonds. The van der Waals surface area contributed by atoms with E-state index in [2.05, 4.69) is 29.6 Å². The number of nitrogens with zero attached hydrogens (tertiary/aromatic N) is 2. The van der Waals surface area contributed by atoms with Gasteiger partial charge in [-0.3, -0.25) is 9.48 Å². The average Bonchev–Trinajstić information content (AvgIpc) is 2.68. The minimum Gasteiger partial charge on any atom is -0.350 e. The van der Waals surface area contributed by atoms with Crippen LogP contribution < -0.4 is 10.6 Å². The quantitative estimate of drug-likeness (QED) is 0.892. The second-order valence-electron chi connectivity index (χ2n) is 6.08. The van der Waals surface area contributed by atoms with Gasteiger partial charge in [0.15, 0.2) is 0 Å². The van der Waals surface area contributed by atoms with E-state index < -0.39 is 0 Å². The van der Waals surface area contributed by atoms with E-state index in [1.54, 1.807) is 10.9 Å². The van der Waals surface area contributed by atoms with Crippen LogP contribution in [0.4, 0.5) is 0 Å². The Morgan fingerprint density at radius 1 is 1.60 bits per heavy atom. The number of carbonyl (C=O) groups excluding carboxylic acids is 1. The molecule has 1 aromatic rings. The molecule has 1 saturated heterocycles. The molecule has 1 fully saturated rings. The first-order chi connectivity index (χ1) is 8.92. The van der Waals surface area contributed by atoms with Gasteiger partial charge in [-0.2, -0.15) is 5.10 Å². The van der Waals surface area contributed by atoms with Gasteiger partial charge in [0, 0.05) is 25.3 Å². The summed E-state index contributed by atoms with van der Waals surface area (Å²) in [5.74, 6) is -0.0335. The molecule has 2 N–H and O–H groups in total. The van der Waals surface area contributed by atoms with Gasteiger partial charge in [-0.15, -0.1) is 12.4 Å². The Kier molecular flexibility index (Phi) is 5.59. The van der Waals surface area contributed by atoms with E-state index in [-0.39, 0.29) is 23.7 Å². The summed E-state index contributed by atoms with van der Waals surface area (Å²) >= 11 is 0. The summed E-state index contributed by atoms with van der Waals surface area (Å²) in [6.45, 7) is 8.12. The fourth-order valence-electron chi connectivity index (χ4n) is 2.63. The number of carbonyl (C=O) groups is 1. The Labute approximate surface area is 126 Å².